The number of hydrogen-bond acceptors (Lipinski definition) is 32. The molecule has 8 aromatic heterocycles. The lowest BCUT2D eigenvalue weighted by atomic mass is 9.99. The number of hydrogen-bond donors (Lipinski definition) is 7. The van der Waals surface area contributed by atoms with Crippen LogP contribution >= 0.6 is 0 Å². The van der Waals surface area contributed by atoms with Crippen molar-refractivity contribution in [3.8, 4) is 0 Å². The summed E-state index contributed by atoms with van der Waals surface area (Å²) < 4.78 is 44.0. The molecule has 0 aromatic carbocycles. The first kappa shape index (κ1) is 119. The molecule has 0 radical (unpaired) electrons. The SMILES string of the molecule is CC(C)c1ccc(N2CCOC(C(C)(C)O)C2)c(CN(C)C)n1.CC(C)c1ccc(N2CCOC(C(C)O)C2)cn1.CC(C)c1ccc(N2CCOC(CO)C2)cn1.CC(C)c1ccc(N2CCOC([C@@H](C)O)C2)cn1.CC(C)c1ccc(N2CCOC([C@H](C)O)C2)cn1.CC(C)c1ccc(N2CCO[C@@H](CO)C2)cn1.CC(C)c1ccc(N2CCO[C@H](CO)C2)cn1.COC1CCN(c2ccc(C(C)C)nc2)CC1. The predicted molar refractivity (Wildman–Crippen MR) is 583 cm³/mol. The number of anilines is 8. The van der Waals surface area contributed by atoms with Gasteiger partial charge in [0.2, 0.25) is 0 Å². The van der Waals surface area contributed by atoms with Crippen molar-refractivity contribution >= 4 is 45.5 Å². The number of pyridine rings is 8. The lowest BCUT2D eigenvalue weighted by Gasteiger charge is -2.40. The van der Waals surface area contributed by atoms with Gasteiger partial charge < -0.3 is 118 Å². The lowest BCUT2D eigenvalue weighted by Crippen LogP contribution is -2.52. The molecule has 16 rings (SSSR count). The van der Waals surface area contributed by atoms with Crippen molar-refractivity contribution in [1.29, 1.82) is 0 Å². The normalized spacial score (nSPS) is 20.9. The summed E-state index contributed by atoms with van der Waals surface area (Å²) in [6, 6.07) is 33.7. The van der Waals surface area contributed by atoms with Crippen LogP contribution in [0, 0.1) is 0 Å². The van der Waals surface area contributed by atoms with E-state index in [9.17, 15) is 20.4 Å². The van der Waals surface area contributed by atoms with Crippen LogP contribution in [0.15, 0.2) is 140 Å². The zero-order valence-corrected chi connectivity index (χ0v) is 91.8. The zero-order valence-electron chi connectivity index (χ0n) is 91.8. The Bertz CT molecular complexity index is 4510. The average Bonchev–Trinajstić information content (AvgIpc) is 0.799. The van der Waals surface area contributed by atoms with Crippen molar-refractivity contribution in [2.45, 2.75) is 285 Å². The summed E-state index contributed by atoms with van der Waals surface area (Å²) in [6.07, 6.45) is 14.1. The molecular weight excluding hydrogens is 1840 g/mol. The van der Waals surface area contributed by atoms with E-state index in [-0.39, 0.29) is 62.5 Å². The van der Waals surface area contributed by atoms with Gasteiger partial charge in [0, 0.05) is 164 Å². The Morgan fingerprint density at radius 3 is 0.786 bits per heavy atom. The largest absolute Gasteiger partial charge is 0.394 e. The fourth-order valence-corrected chi connectivity index (χ4v) is 17.5. The van der Waals surface area contributed by atoms with Crippen molar-refractivity contribution in [2.24, 2.45) is 0 Å². The van der Waals surface area contributed by atoms with Gasteiger partial charge >= 0.3 is 0 Å². The molecule has 32 nitrogen and oxygen atoms in total. The summed E-state index contributed by atoms with van der Waals surface area (Å²) in [4.78, 5) is 56.3. The number of nitrogens with zero attached hydrogens (tertiary/aromatic N) is 17. The first-order valence-corrected chi connectivity index (χ1v) is 53.0. The second kappa shape index (κ2) is 60.6. The molecule has 145 heavy (non-hydrogen) atoms. The Morgan fingerprint density at radius 2 is 0.559 bits per heavy atom. The third kappa shape index (κ3) is 38.8. The van der Waals surface area contributed by atoms with Crippen LogP contribution in [-0.4, -0.2) is 345 Å². The molecule has 8 fully saturated rings. The molecule has 7 N–H and O–H groups in total. The molecule has 10 atom stereocenters. The molecular formula is C113H179N17O15. The quantitative estimate of drug-likeness (QED) is 0.0265. The van der Waals surface area contributed by atoms with Gasteiger partial charge in [0.15, 0.2) is 0 Å². The molecule has 16 heterocycles. The van der Waals surface area contributed by atoms with Gasteiger partial charge in [-0.2, -0.15) is 0 Å². The van der Waals surface area contributed by atoms with Gasteiger partial charge in [0.05, 0.1) is 209 Å². The molecule has 0 bridgehead atoms. The molecule has 8 aliphatic heterocycles. The van der Waals surface area contributed by atoms with E-state index in [0.717, 1.165) is 203 Å². The summed E-state index contributed by atoms with van der Waals surface area (Å²) in [5.74, 6) is 3.65. The minimum Gasteiger partial charge on any atom is -0.394 e. The number of rotatable bonds is 26. The highest BCUT2D eigenvalue weighted by atomic mass is 16.5. The van der Waals surface area contributed by atoms with E-state index >= 15 is 0 Å². The summed E-state index contributed by atoms with van der Waals surface area (Å²) in [5, 5.41) is 66.4. The van der Waals surface area contributed by atoms with Crippen LogP contribution < -0.4 is 39.2 Å². The van der Waals surface area contributed by atoms with Crippen LogP contribution in [-0.2, 0) is 44.4 Å². The Morgan fingerprint density at radius 1 is 0.317 bits per heavy atom. The number of ether oxygens (including phenoxy) is 8. The standard InChI is InChI=1S/C18H31N3O2.3C14H22N2O2.C14H22N2O.3C13H20N2O2/c1-13(2)14-7-8-16(15(19-14)11-20(5)6)21-9-10-23-17(12-21)18(3,4)22;3*1-10(2)13-5-4-12(8-15-13)16-6-7-18-14(9-16)11(3)17;1-11(2)14-5-4-12(10-15-14)16-8-6-13(17-3)7-9-16;3*1-10(2)13-4-3-11(7-14-13)15-5-6-17-12(8-15)9-16/h7-8,13,17,22H,9-12H2,1-6H3;3*4-5,8,10-11,14,17H,6-7,9H2,1-3H3;4-5,10-11,13H,6-9H2,1-3H3;3*3-4,7,10,12,16H,5-6,8-9H2,1-2H3/t;2*11-,14?;;;2*12-;/m.10..10./s1. The van der Waals surface area contributed by atoms with Gasteiger partial charge in [0.1, 0.15) is 24.4 Å². The molecule has 8 saturated heterocycles. The number of aliphatic hydroxyl groups excluding tert-OH is 6. The molecule has 8 aliphatic rings. The van der Waals surface area contributed by atoms with Crippen LogP contribution in [0.25, 0.3) is 0 Å². The highest BCUT2D eigenvalue weighted by Crippen LogP contribution is 2.33. The number of aromatic nitrogens is 8. The second-order valence-corrected chi connectivity index (χ2v) is 42.3. The fourth-order valence-electron chi connectivity index (χ4n) is 17.5. The first-order chi connectivity index (χ1) is 69.2. The Kier molecular flexibility index (Phi) is 49.9. The van der Waals surface area contributed by atoms with Gasteiger partial charge in [0.25, 0.3) is 0 Å². The van der Waals surface area contributed by atoms with E-state index in [1.54, 1.807) is 27.9 Å². The fraction of sp³-hybridized carbons (Fsp3) is 0.646. The minimum atomic E-state index is -0.842. The highest BCUT2D eigenvalue weighted by Gasteiger charge is 2.35. The maximum absolute atomic E-state index is 10.3. The van der Waals surface area contributed by atoms with E-state index in [2.05, 4.69) is 301 Å². The Balaban J connectivity index is 0.000000185. The monoisotopic (exact) mass is 2010 g/mol. The molecule has 0 amide bonds. The van der Waals surface area contributed by atoms with Crippen molar-refractivity contribution in [3.05, 3.63) is 192 Å². The maximum Gasteiger partial charge on any atom is 0.103 e. The van der Waals surface area contributed by atoms with Crippen molar-refractivity contribution in [3.63, 3.8) is 0 Å². The van der Waals surface area contributed by atoms with Crippen molar-refractivity contribution < 1.29 is 73.6 Å². The van der Waals surface area contributed by atoms with E-state index < -0.39 is 23.9 Å². The van der Waals surface area contributed by atoms with Gasteiger partial charge in [-0.15, -0.1) is 0 Å². The molecule has 6 unspecified atom stereocenters. The average molecular weight is 2020 g/mol. The topological polar surface area (TPSA) is 348 Å². The van der Waals surface area contributed by atoms with Gasteiger partial charge in [-0.3, -0.25) is 39.9 Å². The molecule has 0 saturated carbocycles. The summed E-state index contributed by atoms with van der Waals surface area (Å²) in [6.45, 7) is 62.1. The van der Waals surface area contributed by atoms with Crippen molar-refractivity contribution in [1.82, 2.24) is 44.8 Å². The van der Waals surface area contributed by atoms with Gasteiger partial charge in [-0.05, 0) is 206 Å². The lowest BCUT2D eigenvalue weighted by molar-refractivity contribution is -0.0928. The first-order valence-electron chi connectivity index (χ1n) is 53.0. The second-order valence-electron chi connectivity index (χ2n) is 42.3. The third-order valence-electron chi connectivity index (χ3n) is 27.0. The third-order valence-corrected chi connectivity index (χ3v) is 27.0. The van der Waals surface area contributed by atoms with Crippen LogP contribution in [0.1, 0.15) is 257 Å². The van der Waals surface area contributed by atoms with E-state index in [0.29, 0.717) is 106 Å². The van der Waals surface area contributed by atoms with Gasteiger partial charge in [-0.1, -0.05) is 111 Å². The summed E-state index contributed by atoms with van der Waals surface area (Å²) in [5.41, 5.74) is 18.2. The highest BCUT2D eigenvalue weighted by molar-refractivity contribution is 5.54. The predicted octanol–water partition coefficient (Wildman–Crippen LogP) is 14.6. The Hall–Kier alpha value is -9.04. The summed E-state index contributed by atoms with van der Waals surface area (Å²) >= 11 is 0. The maximum atomic E-state index is 10.3. The van der Waals surface area contributed by atoms with E-state index in [4.69, 9.17) is 58.2 Å². The number of methoxy groups -OCH3 is 1. The number of aliphatic hydroxyl groups is 7. The molecule has 0 aliphatic carbocycles. The Labute approximate surface area is 867 Å². The molecule has 32 heteroatoms. The van der Waals surface area contributed by atoms with Crippen LogP contribution in [0.3, 0.4) is 0 Å². The van der Waals surface area contributed by atoms with Crippen molar-refractivity contribution in [2.75, 3.05) is 231 Å². The zero-order chi connectivity index (χ0) is 106. The number of piperidine rings is 1. The van der Waals surface area contributed by atoms with E-state index in [1.807, 2.05) is 57.2 Å². The van der Waals surface area contributed by atoms with Gasteiger partial charge in [-0.25, -0.2) is 0 Å². The van der Waals surface area contributed by atoms with E-state index in [1.165, 1.54) is 11.4 Å². The van der Waals surface area contributed by atoms with Crippen LogP contribution in [0.4, 0.5) is 45.5 Å². The molecule has 806 valence electrons. The summed E-state index contributed by atoms with van der Waals surface area (Å²) in [7, 11) is 5.93. The molecule has 8 aromatic rings. The number of morpholine rings is 7. The van der Waals surface area contributed by atoms with Crippen LogP contribution in [0.2, 0.25) is 0 Å². The molecule has 0 spiro atoms. The smallest absolute Gasteiger partial charge is 0.103 e. The minimum absolute atomic E-state index is 0.0754. The van der Waals surface area contributed by atoms with Crippen LogP contribution in [0.5, 0.6) is 0 Å².